The second-order valence-electron chi connectivity index (χ2n) is 4.63. The average Bonchev–Trinajstić information content (AvgIpc) is 2.85. The lowest BCUT2D eigenvalue weighted by Crippen LogP contribution is -2.24. The molecule has 1 saturated heterocycles. The molecule has 0 spiro atoms. The van der Waals surface area contributed by atoms with Crippen LogP contribution in [0.5, 0.6) is 5.75 Å². The van der Waals surface area contributed by atoms with Crippen molar-refractivity contribution in [1.82, 2.24) is 5.32 Å². The van der Waals surface area contributed by atoms with Gasteiger partial charge in [-0.05, 0) is 43.4 Å². The van der Waals surface area contributed by atoms with Gasteiger partial charge in [0, 0.05) is 18.7 Å². The Balaban J connectivity index is 1.90. The number of hydrogen-bond acceptors (Lipinski definition) is 3. The second kappa shape index (κ2) is 6.03. The zero-order valence-corrected chi connectivity index (χ0v) is 10.4. The SMILES string of the molecule is COc1ccc(C2CCC(CCCO)N2)cc1. The molecule has 1 fully saturated rings. The summed E-state index contributed by atoms with van der Waals surface area (Å²) in [6, 6.07) is 9.31. The number of methoxy groups -OCH3 is 1. The van der Waals surface area contributed by atoms with Crippen LogP contribution in [0.15, 0.2) is 24.3 Å². The molecule has 94 valence electrons. The molecule has 3 heteroatoms. The maximum Gasteiger partial charge on any atom is 0.118 e. The van der Waals surface area contributed by atoms with Crippen molar-refractivity contribution in [3.8, 4) is 5.75 Å². The van der Waals surface area contributed by atoms with Crippen LogP contribution in [0.2, 0.25) is 0 Å². The van der Waals surface area contributed by atoms with Gasteiger partial charge >= 0.3 is 0 Å². The quantitative estimate of drug-likeness (QED) is 0.822. The van der Waals surface area contributed by atoms with E-state index in [4.69, 9.17) is 9.84 Å². The topological polar surface area (TPSA) is 41.5 Å². The van der Waals surface area contributed by atoms with Gasteiger partial charge < -0.3 is 15.2 Å². The smallest absolute Gasteiger partial charge is 0.118 e. The third kappa shape index (κ3) is 3.20. The highest BCUT2D eigenvalue weighted by molar-refractivity contribution is 5.29. The molecule has 1 aliphatic heterocycles. The van der Waals surface area contributed by atoms with Crippen molar-refractivity contribution in [1.29, 1.82) is 0 Å². The number of hydrogen-bond donors (Lipinski definition) is 2. The minimum atomic E-state index is 0.297. The van der Waals surface area contributed by atoms with Crippen LogP contribution in [-0.2, 0) is 0 Å². The first-order chi connectivity index (χ1) is 8.33. The lowest BCUT2D eigenvalue weighted by atomic mass is 10.0. The molecular formula is C14H21NO2. The number of benzene rings is 1. The number of rotatable bonds is 5. The first-order valence-corrected chi connectivity index (χ1v) is 6.34. The zero-order chi connectivity index (χ0) is 12.1. The normalized spacial score (nSPS) is 23.9. The summed E-state index contributed by atoms with van der Waals surface area (Å²) in [6.07, 6.45) is 4.36. The van der Waals surface area contributed by atoms with Crippen LogP contribution in [0.1, 0.15) is 37.3 Å². The largest absolute Gasteiger partial charge is 0.497 e. The fourth-order valence-corrected chi connectivity index (χ4v) is 2.48. The molecule has 0 radical (unpaired) electrons. The number of ether oxygens (including phenoxy) is 1. The highest BCUT2D eigenvalue weighted by Gasteiger charge is 2.24. The van der Waals surface area contributed by atoms with E-state index in [1.807, 2.05) is 12.1 Å². The van der Waals surface area contributed by atoms with E-state index in [0.29, 0.717) is 18.7 Å². The van der Waals surface area contributed by atoms with Crippen molar-refractivity contribution in [2.45, 2.75) is 37.8 Å². The first kappa shape index (κ1) is 12.4. The van der Waals surface area contributed by atoms with Crippen molar-refractivity contribution in [2.75, 3.05) is 13.7 Å². The Labute approximate surface area is 103 Å². The molecule has 17 heavy (non-hydrogen) atoms. The maximum absolute atomic E-state index is 8.83. The lowest BCUT2D eigenvalue weighted by molar-refractivity contribution is 0.276. The van der Waals surface area contributed by atoms with Crippen molar-refractivity contribution in [3.05, 3.63) is 29.8 Å². The summed E-state index contributed by atoms with van der Waals surface area (Å²) in [7, 11) is 1.69. The summed E-state index contributed by atoms with van der Waals surface area (Å²) in [5, 5.41) is 12.5. The fourth-order valence-electron chi connectivity index (χ4n) is 2.48. The summed E-state index contributed by atoms with van der Waals surface area (Å²) < 4.78 is 5.16. The standard InChI is InChI=1S/C14H21NO2/c1-17-13-7-4-11(5-8-13)14-9-6-12(15-14)3-2-10-16/h4-5,7-8,12,14-16H,2-3,6,9-10H2,1H3. The molecule has 1 aromatic rings. The highest BCUT2D eigenvalue weighted by Crippen LogP contribution is 2.29. The van der Waals surface area contributed by atoms with Gasteiger partial charge in [0.05, 0.1) is 7.11 Å². The summed E-state index contributed by atoms with van der Waals surface area (Å²) in [5.41, 5.74) is 1.33. The molecule has 2 rings (SSSR count). The summed E-state index contributed by atoms with van der Waals surface area (Å²) in [6.45, 7) is 0.297. The molecular weight excluding hydrogens is 214 g/mol. The van der Waals surface area contributed by atoms with Crippen LogP contribution in [0.3, 0.4) is 0 Å². The van der Waals surface area contributed by atoms with Crippen LogP contribution in [0, 0.1) is 0 Å². The third-order valence-electron chi connectivity index (χ3n) is 3.47. The lowest BCUT2D eigenvalue weighted by Gasteiger charge is -2.14. The van der Waals surface area contributed by atoms with E-state index in [2.05, 4.69) is 17.4 Å². The van der Waals surface area contributed by atoms with Crippen molar-refractivity contribution >= 4 is 0 Å². The molecule has 0 bridgehead atoms. The molecule has 0 amide bonds. The Morgan fingerprint density at radius 1 is 1.29 bits per heavy atom. The third-order valence-corrected chi connectivity index (χ3v) is 3.47. The van der Waals surface area contributed by atoms with E-state index in [0.717, 1.165) is 18.6 Å². The van der Waals surface area contributed by atoms with Gasteiger partial charge in [0.1, 0.15) is 5.75 Å². The average molecular weight is 235 g/mol. The Hall–Kier alpha value is -1.06. The zero-order valence-electron chi connectivity index (χ0n) is 10.4. The second-order valence-corrected chi connectivity index (χ2v) is 4.63. The van der Waals surface area contributed by atoms with Gasteiger partial charge in [-0.25, -0.2) is 0 Å². The predicted octanol–water partition coefficient (Wildman–Crippen LogP) is 2.26. The van der Waals surface area contributed by atoms with Crippen LogP contribution < -0.4 is 10.1 Å². The molecule has 1 aliphatic rings. The first-order valence-electron chi connectivity index (χ1n) is 6.34. The summed E-state index contributed by atoms with van der Waals surface area (Å²) in [5.74, 6) is 0.906. The summed E-state index contributed by atoms with van der Waals surface area (Å²) in [4.78, 5) is 0. The van der Waals surface area contributed by atoms with Crippen LogP contribution >= 0.6 is 0 Å². The number of nitrogens with one attached hydrogen (secondary N) is 1. The Morgan fingerprint density at radius 2 is 2.06 bits per heavy atom. The maximum atomic E-state index is 8.83. The van der Waals surface area contributed by atoms with Gasteiger partial charge in [0.25, 0.3) is 0 Å². The molecule has 0 aromatic heterocycles. The Morgan fingerprint density at radius 3 is 2.71 bits per heavy atom. The van der Waals surface area contributed by atoms with E-state index in [9.17, 15) is 0 Å². The van der Waals surface area contributed by atoms with E-state index < -0.39 is 0 Å². The van der Waals surface area contributed by atoms with E-state index in [1.165, 1.54) is 18.4 Å². The van der Waals surface area contributed by atoms with Gasteiger partial charge in [-0.1, -0.05) is 12.1 Å². The molecule has 3 nitrogen and oxygen atoms in total. The number of aliphatic hydroxyl groups excluding tert-OH is 1. The molecule has 2 atom stereocenters. The van der Waals surface area contributed by atoms with Crippen LogP contribution in [0.4, 0.5) is 0 Å². The van der Waals surface area contributed by atoms with Gasteiger partial charge in [-0.15, -0.1) is 0 Å². The monoisotopic (exact) mass is 235 g/mol. The highest BCUT2D eigenvalue weighted by atomic mass is 16.5. The van der Waals surface area contributed by atoms with Gasteiger partial charge in [0.2, 0.25) is 0 Å². The molecule has 1 heterocycles. The van der Waals surface area contributed by atoms with Crippen LogP contribution in [0.25, 0.3) is 0 Å². The molecule has 2 N–H and O–H groups in total. The van der Waals surface area contributed by atoms with E-state index in [-0.39, 0.29) is 0 Å². The molecule has 0 saturated carbocycles. The van der Waals surface area contributed by atoms with Gasteiger partial charge in [-0.2, -0.15) is 0 Å². The van der Waals surface area contributed by atoms with E-state index in [1.54, 1.807) is 7.11 Å². The van der Waals surface area contributed by atoms with Gasteiger partial charge in [0.15, 0.2) is 0 Å². The van der Waals surface area contributed by atoms with Gasteiger partial charge in [-0.3, -0.25) is 0 Å². The van der Waals surface area contributed by atoms with Crippen molar-refractivity contribution < 1.29 is 9.84 Å². The van der Waals surface area contributed by atoms with Crippen molar-refractivity contribution in [2.24, 2.45) is 0 Å². The Kier molecular flexibility index (Phi) is 4.40. The van der Waals surface area contributed by atoms with Crippen LogP contribution in [-0.4, -0.2) is 24.9 Å². The van der Waals surface area contributed by atoms with E-state index >= 15 is 0 Å². The number of aliphatic hydroxyl groups is 1. The molecule has 1 aromatic carbocycles. The molecule has 0 aliphatic carbocycles. The fraction of sp³-hybridized carbons (Fsp3) is 0.571. The predicted molar refractivity (Wildman–Crippen MR) is 68.2 cm³/mol. The Bertz CT molecular complexity index is 337. The minimum absolute atomic E-state index is 0.297. The molecule has 2 unspecified atom stereocenters. The summed E-state index contributed by atoms with van der Waals surface area (Å²) >= 11 is 0. The minimum Gasteiger partial charge on any atom is -0.497 e. The van der Waals surface area contributed by atoms with Crippen molar-refractivity contribution in [3.63, 3.8) is 0 Å².